The van der Waals surface area contributed by atoms with Crippen LogP contribution in [0.2, 0.25) is 0 Å². The van der Waals surface area contributed by atoms with Crippen LogP contribution in [0.25, 0.3) is 11.6 Å². The normalized spacial score (nSPS) is 11.8. The predicted molar refractivity (Wildman–Crippen MR) is 137 cm³/mol. The van der Waals surface area contributed by atoms with E-state index in [1.54, 1.807) is 18.3 Å². The Labute approximate surface area is 198 Å². The third kappa shape index (κ3) is 5.57. The lowest BCUT2D eigenvalue weighted by Gasteiger charge is -2.22. The molecule has 33 heavy (non-hydrogen) atoms. The van der Waals surface area contributed by atoms with Gasteiger partial charge in [-0.2, -0.15) is 0 Å². The van der Waals surface area contributed by atoms with Gasteiger partial charge in [0.15, 0.2) is 0 Å². The maximum absolute atomic E-state index is 13.4. The predicted octanol–water partition coefficient (Wildman–Crippen LogP) is 7.41. The van der Waals surface area contributed by atoms with Crippen molar-refractivity contribution in [3.63, 3.8) is 0 Å². The molecular formula is C28H26N2O2S. The number of nitrogens with zero attached hydrogens (tertiary/aromatic N) is 1. The van der Waals surface area contributed by atoms with Gasteiger partial charge < -0.3 is 10.1 Å². The maximum atomic E-state index is 13.4. The second-order valence-electron chi connectivity index (χ2n) is 8.60. The molecule has 0 bridgehead atoms. The number of anilines is 1. The minimum absolute atomic E-state index is 0.0977. The zero-order valence-electron chi connectivity index (χ0n) is 18.9. The fourth-order valence-corrected chi connectivity index (χ4v) is 4.17. The van der Waals surface area contributed by atoms with Crippen molar-refractivity contribution in [3.05, 3.63) is 106 Å². The van der Waals surface area contributed by atoms with Crippen molar-refractivity contribution in [2.45, 2.75) is 26.2 Å². The highest BCUT2D eigenvalue weighted by Gasteiger charge is 2.21. The van der Waals surface area contributed by atoms with Crippen LogP contribution >= 0.6 is 11.3 Å². The second-order valence-corrected chi connectivity index (χ2v) is 9.55. The van der Waals surface area contributed by atoms with Gasteiger partial charge in [0.1, 0.15) is 11.4 Å². The van der Waals surface area contributed by atoms with E-state index in [9.17, 15) is 4.79 Å². The molecule has 1 amide bonds. The molecule has 4 aromatic rings. The summed E-state index contributed by atoms with van der Waals surface area (Å²) in [5.74, 6) is 0.855. The van der Waals surface area contributed by atoms with Gasteiger partial charge >= 0.3 is 0 Å². The fourth-order valence-electron chi connectivity index (χ4n) is 3.43. The largest absolute Gasteiger partial charge is 0.437 e. The van der Waals surface area contributed by atoms with Crippen molar-refractivity contribution in [2.75, 3.05) is 5.32 Å². The summed E-state index contributed by atoms with van der Waals surface area (Å²) in [6.07, 6.45) is 3.55. The second kappa shape index (κ2) is 9.84. The highest BCUT2D eigenvalue weighted by molar-refractivity contribution is 7.11. The quantitative estimate of drug-likeness (QED) is 0.309. The Balaban J connectivity index is 1.65. The van der Waals surface area contributed by atoms with Gasteiger partial charge in [-0.05, 0) is 46.7 Å². The summed E-state index contributed by atoms with van der Waals surface area (Å²) in [5.41, 5.74) is 3.02. The van der Waals surface area contributed by atoms with Gasteiger partial charge in [0.05, 0.1) is 5.57 Å². The van der Waals surface area contributed by atoms with Crippen LogP contribution in [0, 0.1) is 0 Å². The Kier molecular flexibility index (Phi) is 6.71. The topological polar surface area (TPSA) is 51.2 Å². The first-order chi connectivity index (χ1) is 15.9. The molecule has 0 saturated heterocycles. The number of ether oxygens (including phenoxy) is 1. The van der Waals surface area contributed by atoms with E-state index in [4.69, 9.17) is 4.74 Å². The van der Waals surface area contributed by atoms with Crippen molar-refractivity contribution >= 4 is 34.6 Å². The number of para-hydroxylation sites is 1. The average Bonchev–Trinajstić information content (AvgIpc) is 3.34. The molecule has 1 N–H and O–H groups in total. The smallest absolute Gasteiger partial charge is 0.257 e. The van der Waals surface area contributed by atoms with Gasteiger partial charge in [0, 0.05) is 16.6 Å². The van der Waals surface area contributed by atoms with E-state index in [1.165, 1.54) is 11.3 Å². The number of hydrogen-bond acceptors (Lipinski definition) is 4. The zero-order chi connectivity index (χ0) is 23.3. The van der Waals surface area contributed by atoms with Gasteiger partial charge in [-0.25, -0.2) is 4.98 Å². The molecule has 0 aliphatic carbocycles. The molecule has 0 aliphatic heterocycles. The fraction of sp³-hybridized carbons (Fsp3) is 0.143. The molecule has 0 unspecified atom stereocenters. The molecule has 2 aromatic carbocycles. The minimum Gasteiger partial charge on any atom is -0.437 e. The van der Waals surface area contributed by atoms with Crippen LogP contribution < -0.4 is 10.1 Å². The maximum Gasteiger partial charge on any atom is 0.257 e. The third-order valence-corrected chi connectivity index (χ3v) is 5.97. The molecule has 0 atom stereocenters. The minimum atomic E-state index is -0.219. The number of nitrogens with one attached hydrogen (secondary N) is 1. The number of amides is 1. The van der Waals surface area contributed by atoms with E-state index in [-0.39, 0.29) is 11.3 Å². The SMILES string of the molecule is CC(C)(C)c1ccccc1Oc1ncccc1NC(=O)/C(=C\c1ccccc1)c1cccs1. The number of rotatable bonds is 6. The highest BCUT2D eigenvalue weighted by Crippen LogP contribution is 2.36. The van der Waals surface area contributed by atoms with Crippen LogP contribution in [0.3, 0.4) is 0 Å². The molecular weight excluding hydrogens is 428 g/mol. The molecule has 4 nitrogen and oxygen atoms in total. The monoisotopic (exact) mass is 454 g/mol. The molecule has 0 fully saturated rings. The number of benzene rings is 2. The van der Waals surface area contributed by atoms with Crippen LogP contribution in [0.15, 0.2) is 90.4 Å². The van der Waals surface area contributed by atoms with Gasteiger partial charge in [-0.3, -0.25) is 4.79 Å². The Morgan fingerprint density at radius 1 is 0.939 bits per heavy atom. The first-order valence-electron chi connectivity index (χ1n) is 10.8. The van der Waals surface area contributed by atoms with E-state index >= 15 is 0 Å². The summed E-state index contributed by atoms with van der Waals surface area (Å²) in [6.45, 7) is 6.41. The first kappa shape index (κ1) is 22.5. The van der Waals surface area contributed by atoms with Crippen LogP contribution in [0.1, 0.15) is 36.8 Å². The number of carbonyl (C=O) groups excluding carboxylic acids is 1. The average molecular weight is 455 g/mol. The van der Waals surface area contributed by atoms with E-state index in [0.29, 0.717) is 17.1 Å². The Morgan fingerprint density at radius 2 is 1.70 bits per heavy atom. The van der Waals surface area contributed by atoms with Crippen molar-refractivity contribution in [1.29, 1.82) is 0 Å². The first-order valence-corrected chi connectivity index (χ1v) is 11.6. The van der Waals surface area contributed by atoms with E-state index < -0.39 is 0 Å². The Morgan fingerprint density at radius 3 is 2.42 bits per heavy atom. The molecule has 4 rings (SSSR count). The van der Waals surface area contributed by atoms with E-state index in [0.717, 1.165) is 21.8 Å². The van der Waals surface area contributed by atoms with Crippen molar-refractivity contribution < 1.29 is 9.53 Å². The molecule has 5 heteroatoms. The lowest BCUT2D eigenvalue weighted by atomic mass is 9.86. The number of pyridine rings is 1. The number of thiophene rings is 1. The summed E-state index contributed by atoms with van der Waals surface area (Å²) in [7, 11) is 0. The standard InChI is InChI=1S/C28H26N2O2S/c1-28(2,3)22-13-7-8-15-24(22)32-27-23(14-9-17-29-27)30-26(31)21(25-16-10-18-33-25)19-20-11-5-4-6-12-20/h4-19H,1-3H3,(H,30,31)/b21-19-. The zero-order valence-corrected chi connectivity index (χ0v) is 19.7. The molecule has 166 valence electrons. The van der Waals surface area contributed by atoms with Crippen molar-refractivity contribution in [2.24, 2.45) is 0 Å². The van der Waals surface area contributed by atoms with Crippen LogP contribution in [0.4, 0.5) is 5.69 Å². The van der Waals surface area contributed by atoms with Crippen LogP contribution in [0.5, 0.6) is 11.6 Å². The van der Waals surface area contributed by atoms with E-state index in [1.807, 2.05) is 78.2 Å². The number of aromatic nitrogens is 1. The number of hydrogen-bond donors (Lipinski definition) is 1. The summed E-state index contributed by atoms with van der Waals surface area (Å²) in [5, 5.41) is 4.97. The molecule has 2 heterocycles. The van der Waals surface area contributed by atoms with Gasteiger partial charge in [-0.1, -0.05) is 75.4 Å². The summed E-state index contributed by atoms with van der Waals surface area (Å²) in [6, 6.07) is 25.2. The van der Waals surface area contributed by atoms with Gasteiger partial charge in [0.2, 0.25) is 5.88 Å². The molecule has 0 radical (unpaired) electrons. The lowest BCUT2D eigenvalue weighted by Crippen LogP contribution is -2.15. The summed E-state index contributed by atoms with van der Waals surface area (Å²) >= 11 is 1.52. The molecule has 0 spiro atoms. The Bertz CT molecular complexity index is 1260. The molecule has 0 aliphatic rings. The van der Waals surface area contributed by atoms with E-state index in [2.05, 4.69) is 31.1 Å². The third-order valence-electron chi connectivity index (χ3n) is 5.06. The molecule has 2 aromatic heterocycles. The van der Waals surface area contributed by atoms with Crippen molar-refractivity contribution in [1.82, 2.24) is 4.98 Å². The van der Waals surface area contributed by atoms with Crippen LogP contribution in [-0.4, -0.2) is 10.9 Å². The van der Waals surface area contributed by atoms with Gasteiger partial charge in [-0.15, -0.1) is 11.3 Å². The van der Waals surface area contributed by atoms with Crippen molar-refractivity contribution in [3.8, 4) is 11.6 Å². The van der Waals surface area contributed by atoms with Gasteiger partial charge in [0.25, 0.3) is 5.91 Å². The number of carbonyl (C=O) groups is 1. The van der Waals surface area contributed by atoms with Crippen LogP contribution in [-0.2, 0) is 10.2 Å². The summed E-state index contributed by atoms with van der Waals surface area (Å²) < 4.78 is 6.21. The molecule has 0 saturated carbocycles. The summed E-state index contributed by atoms with van der Waals surface area (Å²) in [4.78, 5) is 18.7. The highest BCUT2D eigenvalue weighted by atomic mass is 32.1. The lowest BCUT2D eigenvalue weighted by molar-refractivity contribution is -0.111. The Hall–Kier alpha value is -3.70.